The Hall–Kier alpha value is -1.26. The van der Waals surface area contributed by atoms with E-state index >= 15 is 0 Å². The third-order valence-electron chi connectivity index (χ3n) is 3.16. The van der Waals surface area contributed by atoms with E-state index in [-0.39, 0.29) is 18.5 Å². The van der Waals surface area contributed by atoms with E-state index in [0.717, 1.165) is 25.7 Å². The van der Waals surface area contributed by atoms with E-state index in [9.17, 15) is 9.59 Å². The van der Waals surface area contributed by atoms with Crippen LogP contribution < -0.4 is 10.6 Å². The smallest absolute Gasteiger partial charge is 0.315 e. The average molecular weight is 272 g/mol. The van der Waals surface area contributed by atoms with Crippen molar-refractivity contribution in [3.05, 3.63) is 0 Å². The predicted octanol–water partition coefficient (Wildman–Crippen LogP) is 2.76. The number of unbranched alkanes of at least 4 members (excludes halogenated alkanes) is 3. The predicted molar refractivity (Wildman–Crippen MR) is 76.2 cm³/mol. The molecule has 0 aliphatic heterocycles. The number of hydrogen-bond donors (Lipinski definition) is 3. The number of carbonyl (C=O) groups is 2. The fourth-order valence-corrected chi connectivity index (χ4v) is 1.92. The zero-order chi connectivity index (χ0) is 14.7. The molecule has 0 radical (unpaired) electrons. The van der Waals surface area contributed by atoms with Crippen molar-refractivity contribution in [3.8, 4) is 0 Å². The third-order valence-corrected chi connectivity index (χ3v) is 3.16. The molecule has 0 aliphatic rings. The number of carbonyl (C=O) groups excluding carboxylic acids is 1. The van der Waals surface area contributed by atoms with Gasteiger partial charge >= 0.3 is 12.0 Å². The maximum Gasteiger partial charge on any atom is 0.315 e. The van der Waals surface area contributed by atoms with Crippen LogP contribution in [0.2, 0.25) is 0 Å². The van der Waals surface area contributed by atoms with Crippen molar-refractivity contribution in [1.29, 1.82) is 0 Å². The molecule has 0 aromatic rings. The van der Waals surface area contributed by atoms with Gasteiger partial charge in [-0.15, -0.1) is 0 Å². The second-order valence-electron chi connectivity index (χ2n) is 5.22. The maximum absolute atomic E-state index is 11.6. The molecule has 5 heteroatoms. The van der Waals surface area contributed by atoms with E-state index in [4.69, 9.17) is 5.11 Å². The molecule has 3 N–H and O–H groups in total. The van der Waals surface area contributed by atoms with Gasteiger partial charge in [-0.3, -0.25) is 4.79 Å². The molecular weight excluding hydrogens is 244 g/mol. The number of carboxylic acid groups (broad SMARTS) is 1. The van der Waals surface area contributed by atoms with Gasteiger partial charge in [0.15, 0.2) is 0 Å². The minimum Gasteiger partial charge on any atom is -0.481 e. The number of urea groups is 1. The summed E-state index contributed by atoms with van der Waals surface area (Å²) in [5.74, 6) is -0.302. The van der Waals surface area contributed by atoms with E-state index in [1.54, 1.807) is 0 Å². The summed E-state index contributed by atoms with van der Waals surface area (Å²) in [6.07, 6.45) is 4.63. The fraction of sp³-hybridized carbons (Fsp3) is 0.857. The van der Waals surface area contributed by atoms with E-state index in [1.165, 1.54) is 0 Å². The lowest BCUT2D eigenvalue weighted by Gasteiger charge is -2.20. The third kappa shape index (κ3) is 10.4. The Morgan fingerprint density at radius 3 is 2.26 bits per heavy atom. The second kappa shape index (κ2) is 10.6. The highest BCUT2D eigenvalue weighted by Crippen LogP contribution is 2.05. The first-order chi connectivity index (χ1) is 8.97. The van der Waals surface area contributed by atoms with Crippen molar-refractivity contribution in [2.45, 2.75) is 65.3 Å². The summed E-state index contributed by atoms with van der Waals surface area (Å²) < 4.78 is 0. The highest BCUT2D eigenvalue weighted by atomic mass is 16.4. The van der Waals surface area contributed by atoms with E-state index in [1.807, 2.05) is 0 Å². The van der Waals surface area contributed by atoms with Crippen LogP contribution in [0, 0.1) is 5.92 Å². The van der Waals surface area contributed by atoms with Gasteiger partial charge in [0.1, 0.15) is 0 Å². The van der Waals surface area contributed by atoms with Gasteiger partial charge in [0.2, 0.25) is 0 Å². The van der Waals surface area contributed by atoms with Crippen LogP contribution in [0.5, 0.6) is 0 Å². The van der Waals surface area contributed by atoms with Crippen molar-refractivity contribution in [3.63, 3.8) is 0 Å². The topological polar surface area (TPSA) is 78.4 Å². The molecule has 1 unspecified atom stereocenters. The van der Waals surface area contributed by atoms with Crippen LogP contribution in [0.15, 0.2) is 0 Å². The number of nitrogens with one attached hydrogen (secondary N) is 2. The Labute approximate surface area is 116 Å². The van der Waals surface area contributed by atoms with Crippen LogP contribution in [-0.4, -0.2) is 29.7 Å². The number of amides is 2. The van der Waals surface area contributed by atoms with E-state index in [0.29, 0.717) is 18.9 Å². The summed E-state index contributed by atoms with van der Waals surface area (Å²) in [5, 5.41) is 14.3. The molecule has 0 rings (SSSR count). The van der Waals surface area contributed by atoms with Crippen molar-refractivity contribution in [1.82, 2.24) is 10.6 Å². The van der Waals surface area contributed by atoms with E-state index < -0.39 is 5.97 Å². The minimum atomic E-state index is -0.739. The van der Waals surface area contributed by atoms with Gasteiger partial charge < -0.3 is 15.7 Å². The van der Waals surface area contributed by atoms with Crippen molar-refractivity contribution in [2.24, 2.45) is 5.92 Å². The first-order valence-corrected chi connectivity index (χ1v) is 7.23. The van der Waals surface area contributed by atoms with Crippen LogP contribution in [0.3, 0.4) is 0 Å². The van der Waals surface area contributed by atoms with Gasteiger partial charge in [0.25, 0.3) is 0 Å². The number of carboxylic acids is 1. The molecule has 0 spiro atoms. The summed E-state index contributed by atoms with van der Waals surface area (Å²) in [6.45, 7) is 6.90. The SMILES string of the molecule is CCC(NC(=O)NCCCCCCC(=O)O)C(C)C. The van der Waals surface area contributed by atoms with Crippen LogP contribution in [0.1, 0.15) is 59.3 Å². The maximum atomic E-state index is 11.6. The van der Waals surface area contributed by atoms with Crippen molar-refractivity contribution < 1.29 is 14.7 Å². The summed E-state index contributed by atoms with van der Waals surface area (Å²) in [6, 6.07) is 0.113. The largest absolute Gasteiger partial charge is 0.481 e. The number of rotatable bonds is 10. The molecule has 0 aromatic heterocycles. The summed E-state index contributed by atoms with van der Waals surface area (Å²) in [7, 11) is 0. The Morgan fingerprint density at radius 1 is 1.11 bits per heavy atom. The van der Waals surface area contributed by atoms with Gasteiger partial charge in [-0.25, -0.2) is 4.79 Å². The quantitative estimate of drug-likeness (QED) is 0.535. The van der Waals surface area contributed by atoms with E-state index in [2.05, 4.69) is 31.4 Å². The molecule has 19 heavy (non-hydrogen) atoms. The number of hydrogen-bond acceptors (Lipinski definition) is 2. The lowest BCUT2D eigenvalue weighted by Crippen LogP contribution is -2.44. The Morgan fingerprint density at radius 2 is 1.74 bits per heavy atom. The highest BCUT2D eigenvalue weighted by Gasteiger charge is 2.13. The second-order valence-corrected chi connectivity index (χ2v) is 5.22. The molecule has 0 aromatic carbocycles. The van der Waals surface area contributed by atoms with Crippen LogP contribution in [0.25, 0.3) is 0 Å². The number of aliphatic carboxylic acids is 1. The first-order valence-electron chi connectivity index (χ1n) is 7.23. The molecule has 0 heterocycles. The average Bonchev–Trinajstić information content (AvgIpc) is 2.34. The standard InChI is InChI=1S/C14H28N2O3/c1-4-12(11(2)3)16-14(19)15-10-8-6-5-7-9-13(17)18/h11-12H,4-10H2,1-3H3,(H,17,18)(H2,15,16,19). The van der Waals surface area contributed by atoms with Gasteiger partial charge in [0, 0.05) is 19.0 Å². The summed E-state index contributed by atoms with van der Waals surface area (Å²) in [5.41, 5.74) is 0. The molecule has 0 bridgehead atoms. The first kappa shape index (κ1) is 17.7. The van der Waals surface area contributed by atoms with Crippen LogP contribution in [0.4, 0.5) is 4.79 Å². The van der Waals surface area contributed by atoms with Gasteiger partial charge in [0.05, 0.1) is 0 Å². The van der Waals surface area contributed by atoms with Crippen LogP contribution in [-0.2, 0) is 4.79 Å². The van der Waals surface area contributed by atoms with Gasteiger partial charge in [-0.2, -0.15) is 0 Å². The molecular formula is C14H28N2O3. The Balaban J connectivity index is 3.50. The van der Waals surface area contributed by atoms with Crippen LogP contribution >= 0.6 is 0 Å². The molecule has 112 valence electrons. The molecule has 5 nitrogen and oxygen atoms in total. The van der Waals surface area contributed by atoms with Crippen molar-refractivity contribution in [2.75, 3.05) is 6.54 Å². The zero-order valence-electron chi connectivity index (χ0n) is 12.4. The van der Waals surface area contributed by atoms with Gasteiger partial charge in [-0.1, -0.05) is 33.6 Å². The lowest BCUT2D eigenvalue weighted by atomic mass is 10.0. The highest BCUT2D eigenvalue weighted by molar-refractivity contribution is 5.74. The minimum absolute atomic E-state index is 0.105. The molecule has 0 saturated carbocycles. The summed E-state index contributed by atoms with van der Waals surface area (Å²) >= 11 is 0. The molecule has 0 saturated heterocycles. The monoisotopic (exact) mass is 272 g/mol. The Kier molecular flexibility index (Phi) is 9.94. The molecule has 2 amide bonds. The zero-order valence-corrected chi connectivity index (χ0v) is 12.4. The lowest BCUT2D eigenvalue weighted by molar-refractivity contribution is -0.137. The molecule has 1 atom stereocenters. The molecule has 0 fully saturated rings. The summed E-state index contributed by atoms with van der Waals surface area (Å²) in [4.78, 5) is 21.9. The van der Waals surface area contributed by atoms with Crippen molar-refractivity contribution >= 4 is 12.0 Å². The normalized spacial score (nSPS) is 12.2. The fourth-order valence-electron chi connectivity index (χ4n) is 1.92. The molecule has 0 aliphatic carbocycles. The van der Waals surface area contributed by atoms with Gasteiger partial charge in [-0.05, 0) is 25.2 Å². The Bertz CT molecular complexity index is 267.